The molecular formula is NaO2PPd. The average molecular weight is 192 g/mol. The second-order valence-corrected chi connectivity index (χ2v) is 0.224. The molecule has 0 saturated heterocycles. The van der Waals surface area contributed by atoms with Gasteiger partial charge < -0.3 is 4.89 Å². The van der Waals surface area contributed by atoms with Gasteiger partial charge in [0.1, 0.15) is 0 Å². The molecule has 0 aromatic rings. The summed E-state index contributed by atoms with van der Waals surface area (Å²) in [5.41, 5.74) is 0. The molecule has 0 aliphatic heterocycles. The molecule has 0 atom stereocenters. The van der Waals surface area contributed by atoms with Crippen molar-refractivity contribution >= 4 is 8.69 Å². The van der Waals surface area contributed by atoms with Crippen LogP contribution in [-0.2, 0) is 25.0 Å². The van der Waals surface area contributed by atoms with Gasteiger partial charge in [-0.25, -0.2) is 0 Å². The predicted octanol–water partition coefficient (Wildman–Crippen LogP) is -3.45. The normalized spacial score (nSPS) is 4.20. The smallest absolute Gasteiger partial charge is 0.772 e. The second kappa shape index (κ2) is 17.2. The Kier molecular flexibility index (Phi) is 54.7. The molecule has 5 heteroatoms. The molecule has 0 heterocycles. The molecule has 0 aliphatic carbocycles. The summed E-state index contributed by atoms with van der Waals surface area (Å²) in [5, 5.41) is 0. The molecular weight excluding hydrogens is 192 g/mol. The van der Waals surface area contributed by atoms with Gasteiger partial charge in [0.15, 0.2) is 0 Å². The van der Waals surface area contributed by atoms with Gasteiger partial charge in [-0.1, -0.05) is 0 Å². The maximum atomic E-state index is 8.35. The Morgan fingerprint density at radius 2 is 1.60 bits per heavy atom. The monoisotopic (exact) mass is 192 g/mol. The first-order valence-corrected chi connectivity index (χ1v) is 1.10. The van der Waals surface area contributed by atoms with E-state index >= 15 is 0 Å². The van der Waals surface area contributed by atoms with Crippen molar-refractivity contribution in [3.8, 4) is 0 Å². The molecule has 0 unspecified atom stereocenters. The van der Waals surface area contributed by atoms with Crippen LogP contribution in [0.5, 0.6) is 0 Å². The number of hydrogen-bond acceptors (Lipinski definition) is 2. The first-order chi connectivity index (χ1) is 1.41. The minimum absolute atomic E-state index is 0. The summed E-state index contributed by atoms with van der Waals surface area (Å²) in [6, 6.07) is 0. The molecule has 0 aromatic heterocycles. The Balaban J connectivity index is -0.0000000200. The van der Waals surface area contributed by atoms with Crippen LogP contribution in [0.3, 0.4) is 0 Å². The van der Waals surface area contributed by atoms with E-state index < -0.39 is 8.69 Å². The second-order valence-electron chi connectivity index (χ2n) is 0.0745. The average Bonchev–Trinajstić information content (AvgIpc) is 0.918. The summed E-state index contributed by atoms with van der Waals surface area (Å²) in [6.07, 6.45) is 0. The zero-order valence-corrected chi connectivity index (χ0v) is 7.03. The summed E-state index contributed by atoms with van der Waals surface area (Å²) >= 11 is 0. The van der Waals surface area contributed by atoms with Crippen molar-refractivity contribution in [1.29, 1.82) is 0 Å². The van der Waals surface area contributed by atoms with Crippen LogP contribution in [0.4, 0.5) is 0 Å². The molecule has 0 aromatic carbocycles. The van der Waals surface area contributed by atoms with E-state index in [2.05, 4.69) is 0 Å². The standard InChI is InChI=1S/Na.HO2P.Pd/c;1-3-2;/h;(H,1,2);/q+1;;/p-1. The molecule has 5 heavy (non-hydrogen) atoms. The van der Waals surface area contributed by atoms with Crippen LogP contribution in [-0.4, -0.2) is 0 Å². The maximum absolute atomic E-state index is 8.35. The number of hydrogen-bond donors (Lipinski definition) is 0. The molecule has 0 bridgehead atoms. The Morgan fingerprint density at radius 3 is 1.60 bits per heavy atom. The predicted molar refractivity (Wildman–Crippen MR) is 7.61 cm³/mol. The van der Waals surface area contributed by atoms with Crippen LogP contribution in [0.15, 0.2) is 0 Å². The Bertz CT molecular complexity index is 17.1. The van der Waals surface area contributed by atoms with Crippen LogP contribution in [0.25, 0.3) is 0 Å². The summed E-state index contributed by atoms with van der Waals surface area (Å²) < 4.78 is 8.35. The fourth-order valence-corrected chi connectivity index (χ4v) is 0. The van der Waals surface area contributed by atoms with Crippen molar-refractivity contribution in [2.24, 2.45) is 0 Å². The SMILES string of the molecule is O=P[O-].[Na+].[Pd]. The molecule has 0 aliphatic rings. The fourth-order valence-electron chi connectivity index (χ4n) is 0. The fraction of sp³-hybridized carbons (Fsp3) is 0. The third kappa shape index (κ3) is 26.7. The zero-order valence-electron chi connectivity index (χ0n) is 2.58. The van der Waals surface area contributed by atoms with Gasteiger partial charge in [0.2, 0.25) is 0 Å². The van der Waals surface area contributed by atoms with Crippen molar-refractivity contribution in [2.75, 3.05) is 0 Å². The Morgan fingerprint density at radius 1 is 1.60 bits per heavy atom. The largest absolute Gasteiger partial charge is 1.00 e. The Hall–Kier alpha value is 1.72. The van der Waals surface area contributed by atoms with Crippen LogP contribution >= 0.6 is 8.69 Å². The Labute approximate surface area is 67.6 Å². The summed E-state index contributed by atoms with van der Waals surface area (Å²) in [4.78, 5) is 8.35. The zero-order chi connectivity index (χ0) is 2.71. The van der Waals surface area contributed by atoms with E-state index in [0.29, 0.717) is 0 Å². The third-order valence-corrected chi connectivity index (χ3v) is 0. The molecule has 0 saturated carbocycles. The van der Waals surface area contributed by atoms with Gasteiger partial charge in [-0.3, -0.25) is 4.57 Å². The van der Waals surface area contributed by atoms with Crippen molar-refractivity contribution in [1.82, 2.24) is 0 Å². The van der Waals surface area contributed by atoms with E-state index in [-0.39, 0.29) is 50.0 Å². The maximum Gasteiger partial charge on any atom is 1.00 e. The van der Waals surface area contributed by atoms with Crippen LogP contribution < -0.4 is 34.5 Å². The molecule has 0 spiro atoms. The third-order valence-electron chi connectivity index (χ3n) is 0. The van der Waals surface area contributed by atoms with Crippen molar-refractivity contribution < 1.29 is 59.4 Å². The number of rotatable bonds is 0. The van der Waals surface area contributed by atoms with Gasteiger partial charge in [-0.05, 0) is 0 Å². The summed E-state index contributed by atoms with van der Waals surface area (Å²) in [5.74, 6) is 0. The van der Waals surface area contributed by atoms with Crippen LogP contribution in [0, 0.1) is 0 Å². The van der Waals surface area contributed by atoms with Gasteiger partial charge >= 0.3 is 29.6 Å². The van der Waals surface area contributed by atoms with Crippen molar-refractivity contribution in [3.05, 3.63) is 0 Å². The van der Waals surface area contributed by atoms with Gasteiger partial charge in [0, 0.05) is 20.4 Å². The van der Waals surface area contributed by atoms with Gasteiger partial charge in [0.05, 0.1) is 8.69 Å². The molecule has 0 rings (SSSR count). The summed E-state index contributed by atoms with van der Waals surface area (Å²) in [6.45, 7) is 0. The van der Waals surface area contributed by atoms with E-state index in [9.17, 15) is 0 Å². The summed E-state index contributed by atoms with van der Waals surface area (Å²) in [7, 11) is -1.08. The molecule has 28 valence electrons. The van der Waals surface area contributed by atoms with E-state index in [1.807, 2.05) is 0 Å². The minimum Gasteiger partial charge on any atom is -0.772 e. The van der Waals surface area contributed by atoms with Crippen molar-refractivity contribution in [3.63, 3.8) is 0 Å². The van der Waals surface area contributed by atoms with E-state index in [0.717, 1.165) is 0 Å². The van der Waals surface area contributed by atoms with Gasteiger partial charge in [-0.15, -0.1) is 0 Å². The molecule has 2 nitrogen and oxygen atoms in total. The first kappa shape index (κ1) is 15.9. The quantitative estimate of drug-likeness (QED) is 0.296. The molecule has 0 N–H and O–H groups in total. The first-order valence-electron chi connectivity index (χ1n) is 0.365. The van der Waals surface area contributed by atoms with E-state index in [1.54, 1.807) is 0 Å². The molecule has 0 fully saturated rings. The van der Waals surface area contributed by atoms with Crippen LogP contribution in [0.1, 0.15) is 0 Å². The van der Waals surface area contributed by atoms with Crippen molar-refractivity contribution in [2.45, 2.75) is 0 Å². The molecule has 0 radical (unpaired) electrons. The minimum atomic E-state index is -1.08. The van der Waals surface area contributed by atoms with E-state index in [1.165, 1.54) is 0 Å². The van der Waals surface area contributed by atoms with E-state index in [4.69, 9.17) is 9.46 Å². The van der Waals surface area contributed by atoms with Gasteiger partial charge in [-0.2, -0.15) is 0 Å². The molecule has 0 amide bonds. The van der Waals surface area contributed by atoms with Crippen LogP contribution in [0.2, 0.25) is 0 Å². The van der Waals surface area contributed by atoms with Gasteiger partial charge in [0.25, 0.3) is 0 Å². The topological polar surface area (TPSA) is 40.1 Å².